The first-order chi connectivity index (χ1) is 13.9. The van der Waals surface area contributed by atoms with Crippen molar-refractivity contribution in [2.24, 2.45) is 0 Å². The van der Waals surface area contributed by atoms with E-state index in [9.17, 15) is 0 Å². The maximum atomic E-state index is 4.61. The Morgan fingerprint density at radius 2 is 1.32 bits per heavy atom. The molecule has 0 atom stereocenters. The second-order valence-electron chi connectivity index (χ2n) is 6.62. The summed E-state index contributed by atoms with van der Waals surface area (Å²) in [5.41, 5.74) is 5.34. The number of rotatable bonds is 2. The third kappa shape index (κ3) is 2.27. The summed E-state index contributed by atoms with van der Waals surface area (Å²) in [4.78, 5) is 14.1. The molecule has 0 amide bonds. The fourth-order valence-electron chi connectivity index (χ4n) is 3.75. The number of nitrogens with zero attached hydrogens (tertiary/aromatic N) is 4. The molecule has 0 bridgehead atoms. The van der Waals surface area contributed by atoms with E-state index in [0.717, 1.165) is 21.1 Å². The van der Waals surface area contributed by atoms with Gasteiger partial charge in [0.05, 0.1) is 11.0 Å². The van der Waals surface area contributed by atoms with E-state index < -0.39 is 0 Å². The van der Waals surface area contributed by atoms with Gasteiger partial charge in [0.25, 0.3) is 0 Å². The SMILES string of the molecule is c1ccc2c(c1)c1ccccc1n2-c1ccc(-c2nc3nccnc3s2)cc1. The van der Waals surface area contributed by atoms with Crippen LogP contribution in [0.1, 0.15) is 0 Å². The van der Waals surface area contributed by atoms with Crippen molar-refractivity contribution in [2.45, 2.75) is 0 Å². The minimum Gasteiger partial charge on any atom is -0.309 e. The highest BCUT2D eigenvalue weighted by Gasteiger charge is 2.12. The van der Waals surface area contributed by atoms with Gasteiger partial charge < -0.3 is 4.57 Å². The Morgan fingerprint density at radius 3 is 2.00 bits per heavy atom. The largest absolute Gasteiger partial charge is 0.309 e. The number of aromatic nitrogens is 4. The molecule has 0 aliphatic rings. The maximum Gasteiger partial charge on any atom is 0.190 e. The zero-order valence-electron chi connectivity index (χ0n) is 14.8. The fraction of sp³-hybridized carbons (Fsp3) is 0. The van der Waals surface area contributed by atoms with Crippen molar-refractivity contribution < 1.29 is 0 Å². The lowest BCUT2D eigenvalue weighted by Gasteiger charge is -2.08. The molecular weight excluding hydrogens is 364 g/mol. The zero-order chi connectivity index (χ0) is 18.5. The van der Waals surface area contributed by atoms with Crippen LogP contribution in [0.2, 0.25) is 0 Å². The molecule has 0 saturated heterocycles. The molecule has 0 N–H and O–H groups in total. The Morgan fingerprint density at radius 1 is 0.679 bits per heavy atom. The quantitative estimate of drug-likeness (QED) is 0.379. The standard InChI is InChI=1S/C23H14N4S/c1-3-7-19-17(5-1)18-6-2-4-8-20(18)27(19)16-11-9-15(10-12-16)22-26-21-23(28-22)25-14-13-24-21/h1-14H. The van der Waals surface area contributed by atoms with Crippen LogP contribution in [-0.4, -0.2) is 19.5 Å². The summed E-state index contributed by atoms with van der Waals surface area (Å²) in [6.45, 7) is 0. The second-order valence-corrected chi connectivity index (χ2v) is 7.60. The summed E-state index contributed by atoms with van der Waals surface area (Å²) >= 11 is 1.57. The van der Waals surface area contributed by atoms with Crippen LogP contribution >= 0.6 is 11.3 Å². The highest BCUT2D eigenvalue weighted by atomic mass is 32.1. The van der Waals surface area contributed by atoms with Crippen molar-refractivity contribution in [3.63, 3.8) is 0 Å². The summed E-state index contributed by atoms with van der Waals surface area (Å²) in [6.07, 6.45) is 3.38. The van der Waals surface area contributed by atoms with Crippen molar-refractivity contribution in [1.29, 1.82) is 0 Å². The third-order valence-electron chi connectivity index (χ3n) is 5.00. The number of thiazole rings is 1. The smallest absolute Gasteiger partial charge is 0.190 e. The molecule has 5 heteroatoms. The van der Waals surface area contributed by atoms with Crippen LogP contribution in [0.4, 0.5) is 0 Å². The van der Waals surface area contributed by atoms with Crippen LogP contribution in [0.3, 0.4) is 0 Å². The van der Waals surface area contributed by atoms with Crippen molar-refractivity contribution in [1.82, 2.24) is 19.5 Å². The van der Waals surface area contributed by atoms with Gasteiger partial charge in [-0.3, -0.25) is 0 Å². The van der Waals surface area contributed by atoms with Crippen LogP contribution in [0.5, 0.6) is 0 Å². The first-order valence-electron chi connectivity index (χ1n) is 9.05. The van der Waals surface area contributed by atoms with E-state index in [4.69, 9.17) is 0 Å². The van der Waals surface area contributed by atoms with E-state index in [1.54, 1.807) is 23.7 Å². The van der Waals surface area contributed by atoms with E-state index in [0.29, 0.717) is 5.65 Å². The molecule has 0 fully saturated rings. The average molecular weight is 378 g/mol. The molecule has 6 aromatic rings. The van der Waals surface area contributed by atoms with Gasteiger partial charge in [-0.1, -0.05) is 47.7 Å². The number of hydrogen-bond acceptors (Lipinski definition) is 4. The Labute approximate surface area is 164 Å². The lowest BCUT2D eigenvalue weighted by atomic mass is 10.2. The topological polar surface area (TPSA) is 43.6 Å². The zero-order valence-corrected chi connectivity index (χ0v) is 15.6. The van der Waals surface area contributed by atoms with Crippen LogP contribution in [0.25, 0.3) is 48.5 Å². The summed E-state index contributed by atoms with van der Waals surface area (Å²) in [5.74, 6) is 0. The van der Waals surface area contributed by atoms with E-state index in [-0.39, 0.29) is 0 Å². The molecule has 3 heterocycles. The highest BCUT2D eigenvalue weighted by molar-refractivity contribution is 7.21. The van der Waals surface area contributed by atoms with Gasteiger partial charge in [0.15, 0.2) is 10.5 Å². The molecule has 0 spiro atoms. The molecular formula is C23H14N4S. The molecule has 3 aromatic heterocycles. The van der Waals surface area contributed by atoms with E-state index >= 15 is 0 Å². The summed E-state index contributed by atoms with van der Waals surface area (Å²) in [5, 5.41) is 3.48. The first-order valence-corrected chi connectivity index (χ1v) is 9.87. The van der Waals surface area contributed by atoms with Crippen molar-refractivity contribution in [3.05, 3.63) is 85.2 Å². The number of hydrogen-bond donors (Lipinski definition) is 0. The van der Waals surface area contributed by atoms with Crippen molar-refractivity contribution in [2.75, 3.05) is 0 Å². The van der Waals surface area contributed by atoms with Crippen LogP contribution in [0.15, 0.2) is 85.2 Å². The predicted octanol–water partition coefficient (Wildman–Crippen LogP) is 5.85. The Balaban J connectivity index is 1.52. The lowest BCUT2D eigenvalue weighted by Crippen LogP contribution is -1.93. The summed E-state index contributed by atoms with van der Waals surface area (Å²) in [7, 11) is 0. The van der Waals surface area contributed by atoms with Crippen LogP contribution < -0.4 is 0 Å². The monoisotopic (exact) mass is 378 g/mol. The third-order valence-corrected chi connectivity index (χ3v) is 6.00. The minimum atomic E-state index is 0.703. The lowest BCUT2D eigenvalue weighted by molar-refractivity contribution is 1.18. The Hall–Kier alpha value is -3.57. The molecule has 0 aliphatic carbocycles. The molecule has 0 saturated carbocycles. The van der Waals surface area contributed by atoms with Crippen molar-refractivity contribution in [3.8, 4) is 16.3 Å². The molecule has 3 aromatic carbocycles. The summed E-state index contributed by atoms with van der Waals surface area (Å²) < 4.78 is 2.32. The summed E-state index contributed by atoms with van der Waals surface area (Å²) in [6, 6.07) is 25.6. The fourth-order valence-corrected chi connectivity index (χ4v) is 4.63. The highest BCUT2D eigenvalue weighted by Crippen LogP contribution is 2.33. The second kappa shape index (κ2) is 5.97. The van der Waals surface area contributed by atoms with Gasteiger partial charge in [0.1, 0.15) is 5.01 Å². The Kier molecular flexibility index (Phi) is 3.30. The van der Waals surface area contributed by atoms with E-state index in [1.807, 2.05) is 0 Å². The van der Waals surface area contributed by atoms with Gasteiger partial charge in [0, 0.05) is 34.4 Å². The van der Waals surface area contributed by atoms with Gasteiger partial charge in [-0.2, -0.15) is 0 Å². The van der Waals surface area contributed by atoms with Crippen LogP contribution in [-0.2, 0) is 0 Å². The van der Waals surface area contributed by atoms with Gasteiger partial charge in [0.2, 0.25) is 0 Å². The minimum absolute atomic E-state index is 0.703. The molecule has 0 radical (unpaired) electrons. The van der Waals surface area contributed by atoms with Crippen LogP contribution in [0, 0.1) is 0 Å². The average Bonchev–Trinajstić information content (AvgIpc) is 3.33. The number of benzene rings is 3. The van der Waals surface area contributed by atoms with E-state index in [1.165, 1.54) is 21.8 Å². The molecule has 28 heavy (non-hydrogen) atoms. The van der Waals surface area contributed by atoms with E-state index in [2.05, 4.69) is 92.3 Å². The molecule has 0 unspecified atom stereocenters. The molecule has 132 valence electrons. The van der Waals surface area contributed by atoms with Gasteiger partial charge in [-0.15, -0.1) is 0 Å². The molecule has 4 nitrogen and oxygen atoms in total. The van der Waals surface area contributed by atoms with Gasteiger partial charge in [-0.05, 0) is 36.4 Å². The Bertz CT molecular complexity index is 1370. The normalized spacial score (nSPS) is 11.6. The number of para-hydroxylation sites is 2. The number of fused-ring (bicyclic) bond motifs is 4. The predicted molar refractivity (Wildman–Crippen MR) is 115 cm³/mol. The molecule has 6 rings (SSSR count). The van der Waals surface area contributed by atoms with Crippen molar-refractivity contribution >= 4 is 43.6 Å². The maximum absolute atomic E-state index is 4.61. The molecule has 0 aliphatic heterocycles. The van der Waals surface area contributed by atoms with Gasteiger partial charge >= 0.3 is 0 Å². The first kappa shape index (κ1) is 15.5. The van der Waals surface area contributed by atoms with Gasteiger partial charge in [-0.25, -0.2) is 15.0 Å².